The van der Waals surface area contributed by atoms with Crippen LogP contribution in [0.1, 0.15) is 57.3 Å². The van der Waals surface area contributed by atoms with Crippen LogP contribution in [0.5, 0.6) is 57.5 Å². The second-order valence-electron chi connectivity index (χ2n) is 11.8. The number of fused-ring (bicyclic) bond motifs is 2. The Hall–Kier alpha value is -5.92. The number of phenolic OH excluding ortho intramolecular Hbond substituents is 8. The van der Waals surface area contributed by atoms with Gasteiger partial charge in [-0.25, -0.2) is 0 Å². The molecule has 4 atom stereocenters. The van der Waals surface area contributed by atoms with E-state index in [1.54, 1.807) is 0 Å². The summed E-state index contributed by atoms with van der Waals surface area (Å²) in [6.07, 6.45) is -3.52. The van der Waals surface area contributed by atoms with Crippen LogP contribution in [0.4, 0.5) is 0 Å². The van der Waals surface area contributed by atoms with Gasteiger partial charge < -0.3 is 65.0 Å². The van der Waals surface area contributed by atoms with Crippen LogP contribution >= 0.6 is 0 Å². The molecule has 248 valence electrons. The van der Waals surface area contributed by atoms with E-state index < -0.39 is 64.8 Å². The van der Waals surface area contributed by atoms with Crippen molar-refractivity contribution in [1.82, 2.24) is 0 Å². The number of phenols is 8. The maximum absolute atomic E-state index is 11.6. The van der Waals surface area contributed by atoms with Crippen molar-refractivity contribution < 1.29 is 65.0 Å². The molecule has 0 unspecified atom stereocenters. The lowest BCUT2D eigenvalue weighted by molar-refractivity contribution is 0.0195. The van der Waals surface area contributed by atoms with Gasteiger partial charge in [-0.05, 0) is 47.5 Å². The Morgan fingerprint density at radius 1 is 0.542 bits per heavy atom. The molecule has 0 radical (unpaired) electrons. The highest BCUT2D eigenvalue weighted by atomic mass is 16.5. The first kappa shape index (κ1) is 30.7. The fourth-order valence-corrected chi connectivity index (χ4v) is 6.52. The number of aliphatic hydroxyl groups is 2. The highest BCUT2D eigenvalue weighted by Crippen LogP contribution is 2.55. The molecule has 2 aliphatic heterocycles. The largest absolute Gasteiger partial charge is 0.507 e. The van der Waals surface area contributed by atoms with Crippen molar-refractivity contribution in [3.8, 4) is 57.5 Å². The Bertz CT molecular complexity index is 1910. The van der Waals surface area contributed by atoms with E-state index in [-0.39, 0.29) is 63.9 Å². The first-order valence-corrected chi connectivity index (χ1v) is 14.8. The van der Waals surface area contributed by atoms with E-state index in [9.17, 15) is 51.1 Å². The Balaban J connectivity index is 1.31. The molecule has 7 rings (SSSR count). The van der Waals surface area contributed by atoms with E-state index in [1.165, 1.54) is 66.9 Å². The average molecular weight is 659 g/mol. The zero-order valence-electron chi connectivity index (χ0n) is 24.8. The number of benzene rings is 4. The highest BCUT2D eigenvalue weighted by Gasteiger charge is 2.40. The van der Waals surface area contributed by atoms with Crippen LogP contribution in [0.25, 0.3) is 0 Å². The van der Waals surface area contributed by atoms with Crippen LogP contribution in [0.15, 0.2) is 71.3 Å². The quantitative estimate of drug-likeness (QED) is 0.120. The number of hydrogen-bond donors (Lipinski definition) is 10. The minimum absolute atomic E-state index is 0.0246. The van der Waals surface area contributed by atoms with E-state index in [2.05, 4.69) is 0 Å². The number of rotatable bonds is 5. The summed E-state index contributed by atoms with van der Waals surface area (Å²) in [7, 11) is 0. The average Bonchev–Trinajstić information content (AvgIpc) is 3.58. The molecule has 5 aromatic rings. The molecule has 0 fully saturated rings. The topological polar surface area (TPSA) is 234 Å². The van der Waals surface area contributed by atoms with Crippen molar-refractivity contribution in [3.63, 3.8) is 0 Å². The van der Waals surface area contributed by atoms with Crippen LogP contribution in [-0.2, 0) is 12.8 Å². The first-order valence-electron chi connectivity index (χ1n) is 14.8. The SMILES string of the molecule is Oc1ccc([C@H]2Oc3cc(O)c(C(c4ccco4)c4c(O)cc5c(c4O)C[C@H](O)[C@@H](c4ccc(O)c(O)c4)O5)c(O)c3C[C@@H]2O)cc1O. The zero-order chi connectivity index (χ0) is 34.0. The van der Waals surface area contributed by atoms with Gasteiger partial charge in [-0.15, -0.1) is 0 Å². The van der Waals surface area contributed by atoms with Gasteiger partial charge in [0.1, 0.15) is 52.5 Å². The van der Waals surface area contributed by atoms with Gasteiger partial charge in [0.15, 0.2) is 23.0 Å². The summed E-state index contributed by atoms with van der Waals surface area (Å²) >= 11 is 0. The Kier molecular flexibility index (Phi) is 7.30. The monoisotopic (exact) mass is 658 g/mol. The third-order valence-electron chi connectivity index (χ3n) is 8.86. The van der Waals surface area contributed by atoms with Crippen LogP contribution in [0.3, 0.4) is 0 Å². The molecule has 10 N–H and O–H groups in total. The van der Waals surface area contributed by atoms with E-state index >= 15 is 0 Å². The molecule has 3 heterocycles. The Morgan fingerprint density at radius 3 is 1.40 bits per heavy atom. The zero-order valence-corrected chi connectivity index (χ0v) is 24.8. The molecule has 0 aliphatic carbocycles. The molecule has 0 spiro atoms. The summed E-state index contributed by atoms with van der Waals surface area (Å²) in [6.45, 7) is 0. The summed E-state index contributed by atoms with van der Waals surface area (Å²) in [5.41, 5.74) is 0.528. The number of aliphatic hydroxyl groups excluding tert-OH is 2. The minimum atomic E-state index is -1.32. The number of furan rings is 1. The van der Waals surface area contributed by atoms with Crippen LogP contribution in [0.2, 0.25) is 0 Å². The van der Waals surface area contributed by atoms with Gasteiger partial charge in [0.05, 0.1) is 35.5 Å². The number of hydrogen-bond acceptors (Lipinski definition) is 13. The molecule has 2 aliphatic rings. The van der Waals surface area contributed by atoms with Crippen molar-refractivity contribution in [2.24, 2.45) is 0 Å². The Labute approximate surface area is 271 Å². The van der Waals surface area contributed by atoms with E-state index in [4.69, 9.17) is 13.9 Å². The van der Waals surface area contributed by atoms with Gasteiger partial charge in [-0.3, -0.25) is 0 Å². The maximum Gasteiger partial charge on any atom is 0.157 e. The van der Waals surface area contributed by atoms with Crippen molar-refractivity contribution in [2.45, 2.75) is 43.2 Å². The molecule has 0 saturated heterocycles. The summed E-state index contributed by atoms with van der Waals surface area (Å²) in [5.74, 6) is -4.74. The molecule has 13 heteroatoms. The van der Waals surface area contributed by atoms with E-state index in [1.807, 2.05) is 0 Å². The molecular weight excluding hydrogens is 628 g/mol. The lowest BCUT2D eigenvalue weighted by atomic mass is 9.82. The summed E-state index contributed by atoms with van der Waals surface area (Å²) in [6, 6.07) is 13.3. The molecule has 0 bridgehead atoms. The summed E-state index contributed by atoms with van der Waals surface area (Å²) in [4.78, 5) is 0. The van der Waals surface area contributed by atoms with Gasteiger partial charge in [-0.1, -0.05) is 12.1 Å². The van der Waals surface area contributed by atoms with Gasteiger partial charge in [0, 0.05) is 36.1 Å². The van der Waals surface area contributed by atoms with Crippen molar-refractivity contribution in [2.75, 3.05) is 0 Å². The lowest BCUT2D eigenvalue weighted by Gasteiger charge is -2.34. The molecule has 1 aromatic heterocycles. The molecule has 0 saturated carbocycles. The van der Waals surface area contributed by atoms with Gasteiger partial charge in [0.25, 0.3) is 0 Å². The summed E-state index contributed by atoms with van der Waals surface area (Å²) < 4.78 is 17.6. The molecule has 0 amide bonds. The second kappa shape index (κ2) is 11.4. The highest BCUT2D eigenvalue weighted by molar-refractivity contribution is 5.68. The second-order valence-corrected chi connectivity index (χ2v) is 11.8. The fraction of sp³-hybridized carbons (Fsp3) is 0.200. The minimum Gasteiger partial charge on any atom is -0.507 e. The maximum atomic E-state index is 11.6. The number of ether oxygens (including phenoxy) is 2. The van der Waals surface area contributed by atoms with Crippen LogP contribution in [-0.4, -0.2) is 63.3 Å². The van der Waals surface area contributed by atoms with E-state index in [0.29, 0.717) is 11.1 Å². The van der Waals surface area contributed by atoms with Gasteiger partial charge >= 0.3 is 0 Å². The van der Waals surface area contributed by atoms with Gasteiger partial charge in [0.2, 0.25) is 0 Å². The number of aromatic hydroxyl groups is 8. The standard InChI is InChI=1S/C35H30O13/c36-18-5-3-14(8-20(18)38)34-24(42)10-16-27(47-34)12-22(40)29(32(16)44)31(26-2-1-7-46-26)30-23(41)13-28-17(33(30)45)11-25(43)35(48-28)15-4-6-19(37)21(39)9-15/h1-9,12-13,24-25,31,34-45H,10-11H2/t24-,25-,34+,35+/m0/s1. The molecule has 4 aromatic carbocycles. The Morgan fingerprint density at radius 2 is 1.00 bits per heavy atom. The van der Waals surface area contributed by atoms with Crippen LogP contribution < -0.4 is 9.47 Å². The summed E-state index contributed by atoms with van der Waals surface area (Å²) in [5, 5.41) is 107. The predicted molar refractivity (Wildman–Crippen MR) is 165 cm³/mol. The fourth-order valence-electron chi connectivity index (χ4n) is 6.52. The van der Waals surface area contributed by atoms with Crippen molar-refractivity contribution in [3.05, 3.63) is 106 Å². The molecule has 13 nitrogen and oxygen atoms in total. The first-order chi connectivity index (χ1) is 22.9. The third kappa shape index (κ3) is 4.96. The molecule has 48 heavy (non-hydrogen) atoms. The lowest BCUT2D eigenvalue weighted by Crippen LogP contribution is -2.31. The van der Waals surface area contributed by atoms with Gasteiger partial charge in [-0.2, -0.15) is 0 Å². The van der Waals surface area contributed by atoms with Crippen molar-refractivity contribution >= 4 is 0 Å². The van der Waals surface area contributed by atoms with Crippen molar-refractivity contribution in [1.29, 1.82) is 0 Å². The predicted octanol–water partition coefficient (Wildman–Crippen LogP) is 4.18. The molecular formula is C35H30O13. The van der Waals surface area contributed by atoms with Crippen LogP contribution in [0, 0.1) is 0 Å². The third-order valence-corrected chi connectivity index (χ3v) is 8.86. The smallest absolute Gasteiger partial charge is 0.157 e. The normalized spacial score (nSPS) is 20.1. The van der Waals surface area contributed by atoms with E-state index in [0.717, 1.165) is 0 Å².